The minimum absolute atomic E-state index is 0.0638. The summed E-state index contributed by atoms with van der Waals surface area (Å²) in [6, 6.07) is 16.3. The van der Waals surface area contributed by atoms with E-state index >= 15 is 0 Å². The molecule has 0 aliphatic heterocycles. The van der Waals surface area contributed by atoms with Crippen LogP contribution in [0.25, 0.3) is 0 Å². The number of benzene rings is 3. The second-order valence-electron chi connectivity index (χ2n) is 8.62. The number of hydrogen-bond acceptors (Lipinski definition) is 6. The van der Waals surface area contributed by atoms with Crippen LogP contribution in [-0.2, 0) is 26.2 Å². The molecule has 0 radical (unpaired) electrons. The monoisotopic (exact) mass is 607 g/mol. The summed E-state index contributed by atoms with van der Waals surface area (Å²) in [5.41, 5.74) is 0.585. The summed E-state index contributed by atoms with van der Waals surface area (Å²) < 4.78 is 39.5. The van der Waals surface area contributed by atoms with Crippen molar-refractivity contribution < 1.29 is 27.5 Å². The van der Waals surface area contributed by atoms with Crippen LogP contribution in [0.4, 0.5) is 5.69 Å². The van der Waals surface area contributed by atoms with Gasteiger partial charge in [-0.2, -0.15) is 0 Å². The van der Waals surface area contributed by atoms with E-state index in [1.165, 1.54) is 50.4 Å². The van der Waals surface area contributed by atoms with E-state index in [2.05, 4.69) is 5.32 Å². The quantitative estimate of drug-likeness (QED) is 0.318. The summed E-state index contributed by atoms with van der Waals surface area (Å²) in [4.78, 5) is 28.1. The third-order valence-corrected chi connectivity index (χ3v) is 8.78. The molecule has 40 heavy (non-hydrogen) atoms. The van der Waals surface area contributed by atoms with Gasteiger partial charge in [0.25, 0.3) is 10.0 Å². The van der Waals surface area contributed by atoms with Gasteiger partial charge >= 0.3 is 0 Å². The Morgan fingerprint density at radius 3 is 2.10 bits per heavy atom. The number of nitrogens with one attached hydrogen (secondary N) is 1. The lowest BCUT2D eigenvalue weighted by Crippen LogP contribution is -2.51. The lowest BCUT2D eigenvalue weighted by atomic mass is 10.1. The van der Waals surface area contributed by atoms with Gasteiger partial charge in [-0.1, -0.05) is 48.3 Å². The zero-order valence-electron chi connectivity index (χ0n) is 22.6. The van der Waals surface area contributed by atoms with Crippen molar-refractivity contribution in [2.75, 3.05) is 32.1 Å². The molecule has 3 aromatic carbocycles. The first-order chi connectivity index (χ1) is 19.1. The molecule has 0 unspecified atom stereocenters. The number of likely N-dealkylation sites (N-methyl/N-ethyl adjacent to an activating group) is 1. The van der Waals surface area contributed by atoms with E-state index < -0.39 is 34.4 Å². The third kappa shape index (κ3) is 6.80. The summed E-state index contributed by atoms with van der Waals surface area (Å²) >= 11 is 12.8. The molecule has 0 saturated carbocycles. The van der Waals surface area contributed by atoms with E-state index in [1.807, 2.05) is 0 Å². The Morgan fingerprint density at radius 1 is 0.925 bits per heavy atom. The second-order valence-corrected chi connectivity index (χ2v) is 11.3. The number of carbonyl (C=O) groups excluding carboxylic acids is 2. The summed E-state index contributed by atoms with van der Waals surface area (Å²) in [5, 5.41) is 3.19. The van der Waals surface area contributed by atoms with Crippen LogP contribution in [0.3, 0.4) is 0 Å². The number of anilines is 1. The molecule has 0 fully saturated rings. The fourth-order valence-corrected chi connectivity index (χ4v) is 6.11. The van der Waals surface area contributed by atoms with Crippen molar-refractivity contribution in [2.45, 2.75) is 30.8 Å². The summed E-state index contributed by atoms with van der Waals surface area (Å²) in [6.45, 7) is 0.996. The van der Waals surface area contributed by atoms with E-state index in [0.717, 1.165) is 4.31 Å². The molecule has 0 spiro atoms. The van der Waals surface area contributed by atoms with Crippen LogP contribution >= 0.6 is 23.2 Å². The highest BCUT2D eigenvalue weighted by Gasteiger charge is 2.35. The maximum atomic E-state index is 14.0. The third-order valence-electron chi connectivity index (χ3n) is 6.30. The van der Waals surface area contributed by atoms with Gasteiger partial charge in [0, 0.05) is 29.2 Å². The van der Waals surface area contributed by atoms with Crippen molar-refractivity contribution >= 4 is 50.7 Å². The van der Waals surface area contributed by atoms with Crippen molar-refractivity contribution in [2.24, 2.45) is 0 Å². The lowest BCUT2D eigenvalue weighted by molar-refractivity contribution is -0.140. The van der Waals surface area contributed by atoms with Gasteiger partial charge in [-0.25, -0.2) is 8.42 Å². The van der Waals surface area contributed by atoms with Crippen LogP contribution in [0.1, 0.15) is 18.9 Å². The van der Waals surface area contributed by atoms with E-state index in [0.29, 0.717) is 21.4 Å². The number of para-hydroxylation sites is 2. The van der Waals surface area contributed by atoms with Crippen molar-refractivity contribution in [1.82, 2.24) is 10.2 Å². The number of carbonyl (C=O) groups is 2. The van der Waals surface area contributed by atoms with E-state index in [1.54, 1.807) is 49.4 Å². The van der Waals surface area contributed by atoms with Gasteiger partial charge < -0.3 is 19.7 Å². The predicted octanol–water partition coefficient (Wildman–Crippen LogP) is 4.76. The molecule has 3 aromatic rings. The standard InChI is InChI=1S/C28H31Cl2N3O6S/c1-5-24(28(35)31-2)32(17-21-22(29)9-8-10-23(21)30)27(34)18-33(25-11-6-7-12-26(25)39-4)40(36,37)20-15-13-19(38-3)14-16-20/h6-16,24H,5,17-18H2,1-4H3,(H,31,35)/t24-/m1/s1. The molecular formula is C28H31Cl2N3O6S. The number of ether oxygens (including phenoxy) is 2. The molecule has 0 aromatic heterocycles. The van der Waals surface area contributed by atoms with Crippen LogP contribution in [0, 0.1) is 0 Å². The number of hydrogen-bond donors (Lipinski definition) is 1. The van der Waals surface area contributed by atoms with Gasteiger partial charge in [-0.05, 0) is 55.0 Å². The van der Waals surface area contributed by atoms with Crippen molar-refractivity contribution in [3.05, 3.63) is 82.3 Å². The SMILES string of the molecule is CC[C@H](C(=O)NC)N(Cc1c(Cl)cccc1Cl)C(=O)CN(c1ccccc1OC)S(=O)(=O)c1ccc(OC)cc1. The van der Waals surface area contributed by atoms with Gasteiger partial charge in [0.05, 0.1) is 24.8 Å². The van der Waals surface area contributed by atoms with Crippen LogP contribution in [0.5, 0.6) is 11.5 Å². The largest absolute Gasteiger partial charge is 0.497 e. The Bertz CT molecular complexity index is 1430. The van der Waals surface area contributed by atoms with Crippen LogP contribution in [0.2, 0.25) is 10.0 Å². The molecule has 9 nitrogen and oxygen atoms in total. The minimum Gasteiger partial charge on any atom is -0.497 e. The second kappa shape index (κ2) is 13.7. The fourth-order valence-electron chi connectivity index (χ4n) is 4.16. The molecular weight excluding hydrogens is 577 g/mol. The molecule has 0 aliphatic rings. The summed E-state index contributed by atoms with van der Waals surface area (Å²) in [7, 11) is 0.0515. The Kier molecular flexibility index (Phi) is 10.7. The molecule has 0 bridgehead atoms. The van der Waals surface area contributed by atoms with Crippen LogP contribution in [0.15, 0.2) is 71.6 Å². The average molecular weight is 609 g/mol. The maximum Gasteiger partial charge on any atom is 0.264 e. The molecule has 0 heterocycles. The maximum absolute atomic E-state index is 14.0. The van der Waals surface area contributed by atoms with E-state index in [9.17, 15) is 18.0 Å². The zero-order valence-corrected chi connectivity index (χ0v) is 24.9. The van der Waals surface area contributed by atoms with Gasteiger partial charge in [0.1, 0.15) is 24.1 Å². The minimum atomic E-state index is -4.29. The molecule has 0 aliphatic carbocycles. The smallest absolute Gasteiger partial charge is 0.264 e. The topological polar surface area (TPSA) is 105 Å². The summed E-state index contributed by atoms with van der Waals surface area (Å²) in [6.07, 6.45) is 0.257. The van der Waals surface area contributed by atoms with Crippen molar-refractivity contribution in [1.29, 1.82) is 0 Å². The first kappa shape index (κ1) is 31.1. The summed E-state index contributed by atoms with van der Waals surface area (Å²) in [5.74, 6) is -0.347. The van der Waals surface area contributed by atoms with Crippen molar-refractivity contribution in [3.8, 4) is 11.5 Å². The molecule has 1 atom stereocenters. The van der Waals surface area contributed by atoms with Gasteiger partial charge in [0.2, 0.25) is 11.8 Å². The normalized spacial score (nSPS) is 11.8. The lowest BCUT2D eigenvalue weighted by Gasteiger charge is -2.33. The van der Waals surface area contributed by atoms with Gasteiger partial charge in [0.15, 0.2) is 0 Å². The Labute approximate surface area is 244 Å². The number of amides is 2. The van der Waals surface area contributed by atoms with Gasteiger partial charge in [-0.15, -0.1) is 0 Å². The fraction of sp³-hybridized carbons (Fsp3) is 0.286. The average Bonchev–Trinajstić information content (AvgIpc) is 2.96. The first-order valence-corrected chi connectivity index (χ1v) is 14.5. The van der Waals surface area contributed by atoms with Crippen LogP contribution in [-0.4, -0.2) is 59.0 Å². The number of halogens is 2. The highest BCUT2D eigenvalue weighted by Crippen LogP contribution is 2.33. The highest BCUT2D eigenvalue weighted by molar-refractivity contribution is 7.92. The molecule has 12 heteroatoms. The number of nitrogens with zero attached hydrogens (tertiary/aromatic N) is 2. The van der Waals surface area contributed by atoms with E-state index in [4.69, 9.17) is 32.7 Å². The first-order valence-electron chi connectivity index (χ1n) is 12.3. The van der Waals surface area contributed by atoms with Crippen LogP contribution < -0.4 is 19.1 Å². The Morgan fingerprint density at radius 2 is 1.55 bits per heavy atom. The highest BCUT2D eigenvalue weighted by atomic mass is 35.5. The predicted molar refractivity (Wildman–Crippen MR) is 156 cm³/mol. The Hall–Kier alpha value is -3.47. The number of methoxy groups -OCH3 is 2. The molecule has 214 valence electrons. The van der Waals surface area contributed by atoms with Gasteiger partial charge in [-0.3, -0.25) is 13.9 Å². The van der Waals surface area contributed by atoms with E-state index in [-0.39, 0.29) is 29.3 Å². The molecule has 3 rings (SSSR count). The number of sulfonamides is 1. The molecule has 0 saturated heterocycles. The Balaban J connectivity index is 2.13. The van der Waals surface area contributed by atoms with Crippen molar-refractivity contribution in [3.63, 3.8) is 0 Å². The number of rotatable bonds is 12. The zero-order chi connectivity index (χ0) is 29.4. The molecule has 2 amide bonds. The molecule has 1 N–H and O–H groups in total.